The minimum Gasteiger partial charge on any atom is -0.363 e. The van der Waals surface area contributed by atoms with E-state index in [1.165, 1.54) is 4.90 Å². The lowest BCUT2D eigenvalue weighted by atomic mass is 9.84. The summed E-state index contributed by atoms with van der Waals surface area (Å²) in [7, 11) is 0. The van der Waals surface area contributed by atoms with Crippen LogP contribution in [0.5, 0.6) is 0 Å². The standard InChI is InChI=1S/C37H58N6O6/c1-21(2)24-18-19-43(26(24)31(46)39-25(20-22-16-17-22)27(44)30(38)45)33(48)29(36(6,7)8)41-34(49)40-28(35(3,4)5)32(47)42-37(9,10)23-14-12-11-13-15-23/h11-15,21-22,24-26,28-29H,16-20H2,1-10H3,(H2,38,45)(H,39,46)(H,42,47)(H2,40,41,49)/t24-,25?,26+,28-,29-/m1/s1. The zero-order valence-electron chi connectivity index (χ0n) is 30.9. The molecule has 1 heterocycles. The van der Waals surface area contributed by atoms with Gasteiger partial charge in [0, 0.05) is 6.54 Å². The first-order valence-electron chi connectivity index (χ1n) is 17.4. The van der Waals surface area contributed by atoms with Gasteiger partial charge in [0.2, 0.25) is 23.5 Å². The van der Waals surface area contributed by atoms with E-state index < -0.39 is 70.1 Å². The Morgan fingerprint density at radius 3 is 1.86 bits per heavy atom. The summed E-state index contributed by atoms with van der Waals surface area (Å²) in [5.74, 6) is -3.28. The van der Waals surface area contributed by atoms with Crippen LogP contribution in [0.1, 0.15) is 100 Å². The molecular formula is C37H58N6O6. The molecule has 12 heteroatoms. The van der Waals surface area contributed by atoms with Crippen LogP contribution >= 0.6 is 0 Å². The fourth-order valence-electron chi connectivity index (χ4n) is 6.55. The lowest BCUT2D eigenvalue weighted by Gasteiger charge is -2.38. The number of primary amides is 1. The molecule has 6 amide bonds. The molecule has 1 aromatic carbocycles. The summed E-state index contributed by atoms with van der Waals surface area (Å²) >= 11 is 0. The molecular weight excluding hydrogens is 624 g/mol. The van der Waals surface area contributed by atoms with Crippen LogP contribution in [0.15, 0.2) is 30.3 Å². The molecule has 12 nitrogen and oxygen atoms in total. The summed E-state index contributed by atoms with van der Waals surface area (Å²) in [5, 5.41) is 11.5. The maximum atomic E-state index is 14.4. The predicted molar refractivity (Wildman–Crippen MR) is 188 cm³/mol. The van der Waals surface area contributed by atoms with Gasteiger partial charge in [0.15, 0.2) is 0 Å². The lowest BCUT2D eigenvalue weighted by Crippen LogP contribution is -2.63. The SMILES string of the molecule is CC(C)[C@H]1CCN(C(=O)[C@@H](NC(=O)N[C@H](C(=O)NC(C)(C)c2ccccc2)C(C)(C)C)C(C)(C)C)[C@@H]1C(=O)NC(CC1CC1)C(=O)C(N)=O. The molecule has 2 aliphatic rings. The van der Waals surface area contributed by atoms with Gasteiger partial charge in [-0.2, -0.15) is 0 Å². The van der Waals surface area contributed by atoms with Crippen molar-refractivity contribution >= 4 is 35.4 Å². The highest BCUT2D eigenvalue weighted by Crippen LogP contribution is 2.36. The van der Waals surface area contributed by atoms with E-state index in [0.29, 0.717) is 12.8 Å². The van der Waals surface area contributed by atoms with Crippen LogP contribution in [0, 0.1) is 28.6 Å². The highest BCUT2D eigenvalue weighted by Gasteiger charge is 2.48. The number of Topliss-reactive ketones (excluding diaryl/α,β-unsaturated/α-hetero) is 1. The van der Waals surface area contributed by atoms with Gasteiger partial charge in [0.25, 0.3) is 5.91 Å². The number of nitrogens with one attached hydrogen (secondary N) is 4. The van der Waals surface area contributed by atoms with E-state index in [1.54, 1.807) is 0 Å². The summed E-state index contributed by atoms with van der Waals surface area (Å²) in [6, 6.07) is 4.84. The van der Waals surface area contributed by atoms with E-state index in [9.17, 15) is 28.8 Å². The van der Waals surface area contributed by atoms with E-state index in [0.717, 1.165) is 18.4 Å². The van der Waals surface area contributed by atoms with E-state index in [-0.39, 0.29) is 30.2 Å². The topological polar surface area (TPSA) is 180 Å². The quantitative estimate of drug-likeness (QED) is 0.199. The molecule has 3 rings (SSSR count). The number of hydrogen-bond donors (Lipinski definition) is 5. The average Bonchev–Trinajstić information content (AvgIpc) is 3.69. The molecule has 1 aromatic rings. The van der Waals surface area contributed by atoms with Crippen molar-refractivity contribution in [3.8, 4) is 0 Å². The molecule has 1 aliphatic heterocycles. The number of ketones is 1. The van der Waals surface area contributed by atoms with Gasteiger partial charge < -0.3 is 31.9 Å². The summed E-state index contributed by atoms with van der Waals surface area (Å²) in [6.07, 6.45) is 2.68. The Morgan fingerprint density at radius 1 is 0.816 bits per heavy atom. The highest BCUT2D eigenvalue weighted by atomic mass is 16.2. The first-order valence-corrected chi connectivity index (χ1v) is 17.4. The molecule has 0 radical (unpaired) electrons. The normalized spacial score (nSPS) is 20.2. The minimum atomic E-state index is -1.11. The van der Waals surface area contributed by atoms with Crippen LogP contribution in [-0.4, -0.2) is 71.1 Å². The van der Waals surface area contributed by atoms with Gasteiger partial charge >= 0.3 is 6.03 Å². The average molecular weight is 683 g/mol. The van der Waals surface area contributed by atoms with Crippen molar-refractivity contribution < 1.29 is 28.8 Å². The molecule has 0 bridgehead atoms. The van der Waals surface area contributed by atoms with Gasteiger partial charge in [-0.1, -0.05) is 98.6 Å². The summed E-state index contributed by atoms with van der Waals surface area (Å²) in [5.41, 5.74) is 4.03. The van der Waals surface area contributed by atoms with Crippen LogP contribution in [-0.2, 0) is 29.5 Å². The number of hydrogen-bond acceptors (Lipinski definition) is 6. The molecule has 1 saturated heterocycles. The molecule has 272 valence electrons. The third kappa shape index (κ3) is 10.3. The Balaban J connectivity index is 1.83. The zero-order chi connectivity index (χ0) is 37.1. The first-order chi connectivity index (χ1) is 22.5. The van der Waals surface area contributed by atoms with Crippen LogP contribution in [0.25, 0.3) is 0 Å². The molecule has 1 unspecified atom stereocenters. The second kappa shape index (κ2) is 15.3. The largest absolute Gasteiger partial charge is 0.363 e. The molecule has 1 aliphatic carbocycles. The maximum Gasteiger partial charge on any atom is 0.316 e. The van der Waals surface area contributed by atoms with Crippen molar-refractivity contribution in [2.24, 2.45) is 34.3 Å². The summed E-state index contributed by atoms with van der Waals surface area (Å²) in [6.45, 7) is 19.0. The molecule has 1 saturated carbocycles. The van der Waals surface area contributed by atoms with Crippen molar-refractivity contribution in [1.82, 2.24) is 26.2 Å². The number of benzene rings is 1. The summed E-state index contributed by atoms with van der Waals surface area (Å²) in [4.78, 5) is 81.5. The van der Waals surface area contributed by atoms with E-state index in [1.807, 2.05) is 99.6 Å². The van der Waals surface area contributed by atoms with Crippen molar-refractivity contribution in [2.45, 2.75) is 125 Å². The molecule has 0 aromatic heterocycles. The van der Waals surface area contributed by atoms with Crippen LogP contribution in [0.2, 0.25) is 0 Å². The summed E-state index contributed by atoms with van der Waals surface area (Å²) < 4.78 is 0. The van der Waals surface area contributed by atoms with Gasteiger partial charge in [-0.3, -0.25) is 24.0 Å². The monoisotopic (exact) mass is 682 g/mol. The van der Waals surface area contributed by atoms with E-state index in [4.69, 9.17) is 5.73 Å². The molecule has 0 spiro atoms. The van der Waals surface area contributed by atoms with E-state index >= 15 is 0 Å². The number of likely N-dealkylation sites (tertiary alicyclic amines) is 1. The molecule has 6 N–H and O–H groups in total. The fourth-order valence-corrected chi connectivity index (χ4v) is 6.55. The minimum absolute atomic E-state index is 0.0258. The van der Waals surface area contributed by atoms with Crippen molar-refractivity contribution in [3.63, 3.8) is 0 Å². The Labute approximate surface area is 291 Å². The molecule has 2 fully saturated rings. The second-order valence-electron chi connectivity index (χ2n) is 16.8. The lowest BCUT2D eigenvalue weighted by molar-refractivity contribution is -0.144. The van der Waals surface area contributed by atoms with Crippen LogP contribution < -0.4 is 27.0 Å². The number of nitrogens with two attached hydrogens (primary N) is 1. The van der Waals surface area contributed by atoms with Gasteiger partial charge in [0.1, 0.15) is 18.1 Å². The van der Waals surface area contributed by atoms with Crippen molar-refractivity contribution in [2.75, 3.05) is 6.54 Å². The third-order valence-corrected chi connectivity index (χ3v) is 9.72. The van der Waals surface area contributed by atoms with Gasteiger partial charge in [-0.25, -0.2) is 4.79 Å². The van der Waals surface area contributed by atoms with Crippen molar-refractivity contribution in [3.05, 3.63) is 35.9 Å². The second-order valence-corrected chi connectivity index (χ2v) is 16.8. The smallest absolute Gasteiger partial charge is 0.316 e. The van der Waals surface area contributed by atoms with E-state index in [2.05, 4.69) is 21.3 Å². The number of carbonyl (C=O) groups is 6. The van der Waals surface area contributed by atoms with Crippen LogP contribution in [0.3, 0.4) is 0 Å². The molecule has 49 heavy (non-hydrogen) atoms. The number of nitrogens with zero attached hydrogens (tertiary/aromatic N) is 1. The number of amides is 6. The third-order valence-electron chi connectivity index (χ3n) is 9.72. The van der Waals surface area contributed by atoms with Gasteiger partial charge in [-0.15, -0.1) is 0 Å². The first kappa shape index (κ1) is 39.5. The number of rotatable bonds is 13. The zero-order valence-corrected chi connectivity index (χ0v) is 30.9. The highest BCUT2D eigenvalue weighted by molar-refractivity contribution is 6.37. The van der Waals surface area contributed by atoms with Gasteiger partial charge in [-0.05, 0) is 60.8 Å². The maximum absolute atomic E-state index is 14.4. The van der Waals surface area contributed by atoms with Crippen molar-refractivity contribution in [1.29, 1.82) is 0 Å². The number of carbonyl (C=O) groups excluding carboxylic acids is 6. The van der Waals surface area contributed by atoms with Gasteiger partial charge in [0.05, 0.1) is 11.6 Å². The number of urea groups is 1. The van der Waals surface area contributed by atoms with Crippen LogP contribution in [0.4, 0.5) is 4.79 Å². The fraction of sp³-hybridized carbons (Fsp3) is 0.676. The Morgan fingerprint density at radius 2 is 1.37 bits per heavy atom. The Hall–Kier alpha value is -3.96. The molecule has 5 atom stereocenters. The Kier molecular flexibility index (Phi) is 12.3. The predicted octanol–water partition coefficient (Wildman–Crippen LogP) is 3.38. The Bertz CT molecular complexity index is 1390.